The van der Waals surface area contributed by atoms with Crippen LogP contribution in [0.2, 0.25) is 0 Å². The van der Waals surface area contributed by atoms with Gasteiger partial charge in [-0.05, 0) is 24.8 Å². The van der Waals surface area contributed by atoms with Crippen molar-refractivity contribution in [2.75, 3.05) is 19.8 Å². The van der Waals surface area contributed by atoms with E-state index >= 15 is 0 Å². The molecule has 0 saturated carbocycles. The number of azide groups is 1. The molecule has 1 N–H and O–H groups in total. The smallest absolute Gasteiger partial charge is 0.199 e. The second-order valence-corrected chi connectivity index (χ2v) is 5.00. The second-order valence-electron chi connectivity index (χ2n) is 5.00. The molecule has 3 rings (SSSR count). The SMILES string of the molecule is [N-]=[N+]=N[C@@]12CO[C@@H]([C@H]1OC1CCCCO1)[C@@H](CO)O2. The molecule has 3 heterocycles. The van der Waals surface area contributed by atoms with Gasteiger partial charge in [-0.1, -0.05) is 5.11 Å². The first-order chi connectivity index (χ1) is 9.29. The van der Waals surface area contributed by atoms with E-state index in [1.807, 2.05) is 0 Å². The van der Waals surface area contributed by atoms with E-state index in [9.17, 15) is 5.11 Å². The minimum Gasteiger partial charge on any atom is -0.394 e. The van der Waals surface area contributed by atoms with Gasteiger partial charge >= 0.3 is 0 Å². The van der Waals surface area contributed by atoms with Gasteiger partial charge in [0.2, 0.25) is 0 Å². The molecule has 5 atom stereocenters. The topological polar surface area (TPSA) is 106 Å². The van der Waals surface area contributed by atoms with Crippen LogP contribution in [0.5, 0.6) is 0 Å². The molecule has 8 heteroatoms. The third-order valence-electron chi connectivity index (χ3n) is 3.78. The number of fused-ring (bicyclic) bond motifs is 2. The van der Waals surface area contributed by atoms with Crippen LogP contribution in [0.15, 0.2) is 5.11 Å². The zero-order valence-electron chi connectivity index (χ0n) is 10.5. The monoisotopic (exact) mass is 271 g/mol. The van der Waals surface area contributed by atoms with Crippen LogP contribution in [0.4, 0.5) is 0 Å². The lowest BCUT2D eigenvalue weighted by molar-refractivity contribution is -0.208. The van der Waals surface area contributed by atoms with Crippen LogP contribution in [-0.2, 0) is 18.9 Å². The summed E-state index contributed by atoms with van der Waals surface area (Å²) in [4.78, 5) is 2.82. The molecule has 0 aliphatic carbocycles. The highest BCUT2D eigenvalue weighted by molar-refractivity contribution is 5.07. The third kappa shape index (κ3) is 2.20. The zero-order valence-corrected chi connectivity index (χ0v) is 10.5. The molecule has 106 valence electrons. The molecule has 0 aromatic rings. The van der Waals surface area contributed by atoms with Gasteiger partial charge < -0.3 is 24.1 Å². The third-order valence-corrected chi connectivity index (χ3v) is 3.78. The molecule has 1 unspecified atom stereocenters. The highest BCUT2D eigenvalue weighted by atomic mass is 16.7. The summed E-state index contributed by atoms with van der Waals surface area (Å²) in [6, 6.07) is 0. The highest BCUT2D eigenvalue weighted by Gasteiger charge is 2.62. The molecule has 19 heavy (non-hydrogen) atoms. The first kappa shape index (κ1) is 13.1. The van der Waals surface area contributed by atoms with Crippen molar-refractivity contribution in [2.24, 2.45) is 5.11 Å². The summed E-state index contributed by atoms with van der Waals surface area (Å²) in [6.07, 6.45) is 1.10. The Hall–Kier alpha value is -0.890. The normalized spacial score (nSPS) is 45.1. The Morgan fingerprint density at radius 2 is 2.32 bits per heavy atom. The summed E-state index contributed by atoms with van der Waals surface area (Å²) in [5, 5.41) is 13.0. The van der Waals surface area contributed by atoms with Crippen LogP contribution in [0.3, 0.4) is 0 Å². The van der Waals surface area contributed by atoms with Gasteiger partial charge in [0, 0.05) is 11.5 Å². The number of aliphatic hydroxyl groups excluding tert-OH is 1. The summed E-state index contributed by atoms with van der Waals surface area (Å²) in [7, 11) is 0. The van der Waals surface area contributed by atoms with Gasteiger partial charge in [0.1, 0.15) is 18.3 Å². The van der Waals surface area contributed by atoms with Gasteiger partial charge in [-0.15, -0.1) is 0 Å². The minimum atomic E-state index is -1.17. The number of aliphatic hydroxyl groups is 1. The molecule has 0 aromatic carbocycles. The van der Waals surface area contributed by atoms with Crippen molar-refractivity contribution in [3.63, 3.8) is 0 Å². The number of ether oxygens (including phenoxy) is 4. The Kier molecular flexibility index (Phi) is 3.62. The zero-order chi connectivity index (χ0) is 13.3. The molecule has 3 aliphatic rings. The fraction of sp³-hybridized carbons (Fsp3) is 1.00. The van der Waals surface area contributed by atoms with Crippen LogP contribution in [-0.4, -0.2) is 55.3 Å². The Morgan fingerprint density at radius 3 is 3.00 bits per heavy atom. The fourth-order valence-electron chi connectivity index (χ4n) is 2.87. The maximum absolute atomic E-state index is 9.27. The molecular weight excluding hydrogens is 254 g/mol. The van der Waals surface area contributed by atoms with Gasteiger partial charge in [-0.3, -0.25) is 0 Å². The van der Waals surface area contributed by atoms with Crippen molar-refractivity contribution in [2.45, 2.75) is 49.6 Å². The molecule has 8 nitrogen and oxygen atoms in total. The molecule has 0 aromatic heterocycles. The van der Waals surface area contributed by atoms with E-state index in [-0.39, 0.29) is 19.5 Å². The van der Waals surface area contributed by atoms with Crippen molar-refractivity contribution in [3.8, 4) is 0 Å². The lowest BCUT2D eigenvalue weighted by atomic mass is 10.1. The van der Waals surface area contributed by atoms with Gasteiger partial charge in [0.15, 0.2) is 12.0 Å². The van der Waals surface area contributed by atoms with Crippen LogP contribution in [0.25, 0.3) is 10.4 Å². The van der Waals surface area contributed by atoms with Crippen molar-refractivity contribution >= 4 is 0 Å². The lowest BCUT2D eigenvalue weighted by Gasteiger charge is -2.29. The van der Waals surface area contributed by atoms with Crippen molar-refractivity contribution in [1.82, 2.24) is 0 Å². The standard InChI is InChI=1S/C11H17N3O5/c12-14-13-11-6-17-9(7(5-15)19-11)10(11)18-8-3-1-2-4-16-8/h7-10,15H,1-6H2/t7-,8?,9-,10-,11-/m1/s1. The van der Waals surface area contributed by atoms with E-state index in [1.165, 1.54) is 0 Å². The summed E-state index contributed by atoms with van der Waals surface area (Å²) < 4.78 is 22.6. The van der Waals surface area contributed by atoms with E-state index in [0.29, 0.717) is 6.61 Å². The van der Waals surface area contributed by atoms with E-state index < -0.39 is 24.0 Å². The summed E-state index contributed by atoms with van der Waals surface area (Å²) >= 11 is 0. The average Bonchev–Trinajstić information content (AvgIpc) is 2.92. The van der Waals surface area contributed by atoms with E-state index in [1.54, 1.807) is 0 Å². The first-order valence-electron chi connectivity index (χ1n) is 6.53. The molecule has 0 amide bonds. The molecule has 3 saturated heterocycles. The largest absolute Gasteiger partial charge is 0.394 e. The van der Waals surface area contributed by atoms with E-state index in [4.69, 9.17) is 24.5 Å². The molecule has 3 aliphatic heterocycles. The van der Waals surface area contributed by atoms with E-state index in [2.05, 4.69) is 10.0 Å². The summed E-state index contributed by atoms with van der Waals surface area (Å²) in [5.41, 5.74) is 7.52. The number of hydrogen-bond acceptors (Lipinski definition) is 6. The van der Waals surface area contributed by atoms with E-state index in [0.717, 1.165) is 19.3 Å². The average molecular weight is 271 g/mol. The predicted octanol–water partition coefficient (Wildman–Crippen LogP) is 0.695. The second kappa shape index (κ2) is 5.24. The van der Waals surface area contributed by atoms with Crippen molar-refractivity contribution in [1.29, 1.82) is 0 Å². The van der Waals surface area contributed by atoms with Crippen molar-refractivity contribution < 1.29 is 24.1 Å². The number of rotatable bonds is 4. The Labute approximate surface area is 110 Å². The maximum Gasteiger partial charge on any atom is 0.199 e. The predicted molar refractivity (Wildman–Crippen MR) is 62.0 cm³/mol. The van der Waals surface area contributed by atoms with Gasteiger partial charge in [0.05, 0.1) is 13.2 Å². The molecular formula is C11H17N3O5. The van der Waals surface area contributed by atoms with Crippen LogP contribution in [0, 0.1) is 0 Å². The Morgan fingerprint density at radius 1 is 1.42 bits per heavy atom. The quantitative estimate of drug-likeness (QED) is 0.460. The summed E-state index contributed by atoms with van der Waals surface area (Å²) in [5.74, 6) is 0. The van der Waals surface area contributed by atoms with Crippen LogP contribution in [0.1, 0.15) is 19.3 Å². The highest BCUT2D eigenvalue weighted by Crippen LogP contribution is 2.43. The lowest BCUT2D eigenvalue weighted by Crippen LogP contribution is -2.42. The Balaban J connectivity index is 1.76. The number of nitrogens with zero attached hydrogens (tertiary/aromatic N) is 3. The molecule has 0 spiro atoms. The minimum absolute atomic E-state index is 0.148. The first-order valence-corrected chi connectivity index (χ1v) is 6.53. The molecule has 2 bridgehead atoms. The van der Waals surface area contributed by atoms with Crippen molar-refractivity contribution in [3.05, 3.63) is 10.4 Å². The van der Waals surface area contributed by atoms with Gasteiger partial charge in [0.25, 0.3) is 0 Å². The number of hydrogen-bond donors (Lipinski definition) is 1. The van der Waals surface area contributed by atoms with Crippen LogP contribution < -0.4 is 0 Å². The van der Waals surface area contributed by atoms with Gasteiger partial charge in [-0.2, -0.15) is 0 Å². The summed E-state index contributed by atoms with van der Waals surface area (Å²) in [6.45, 7) is 0.621. The fourth-order valence-corrected chi connectivity index (χ4v) is 2.87. The molecule has 0 radical (unpaired) electrons. The molecule has 3 fully saturated rings. The van der Waals surface area contributed by atoms with Gasteiger partial charge in [-0.25, -0.2) is 0 Å². The maximum atomic E-state index is 9.27. The Bertz CT molecular complexity index is 383. The van der Waals surface area contributed by atoms with Crippen LogP contribution >= 0.6 is 0 Å².